The zero-order valence-corrected chi connectivity index (χ0v) is 8.21. The van der Waals surface area contributed by atoms with Gasteiger partial charge in [-0.05, 0) is 30.5 Å². The van der Waals surface area contributed by atoms with Gasteiger partial charge in [0.25, 0.3) is 0 Å². The number of benzene rings is 1. The molecule has 13 heavy (non-hydrogen) atoms. The Kier molecular flexibility index (Phi) is 2.73. The first-order valence-electron chi connectivity index (χ1n) is 3.87. The summed E-state index contributed by atoms with van der Waals surface area (Å²) in [6.07, 6.45) is 0. The van der Waals surface area contributed by atoms with Gasteiger partial charge in [-0.2, -0.15) is 0 Å². The van der Waals surface area contributed by atoms with Gasteiger partial charge in [0, 0.05) is 0 Å². The molecule has 0 fully saturated rings. The van der Waals surface area contributed by atoms with Crippen molar-refractivity contribution in [1.29, 1.82) is 0 Å². The Morgan fingerprint density at radius 1 is 1.31 bits per heavy atom. The fourth-order valence-electron chi connectivity index (χ4n) is 0.986. The second kappa shape index (κ2) is 3.47. The highest BCUT2D eigenvalue weighted by molar-refractivity contribution is 7.89. The van der Waals surface area contributed by atoms with Crippen molar-refractivity contribution in [2.75, 3.05) is 0 Å². The summed E-state index contributed by atoms with van der Waals surface area (Å²) < 4.78 is 21.8. The molecular formula is C9H12NO2S. The van der Waals surface area contributed by atoms with Crippen molar-refractivity contribution < 1.29 is 8.42 Å². The number of hydrogen-bond acceptors (Lipinski definition) is 2. The smallest absolute Gasteiger partial charge is 0.225 e. The van der Waals surface area contributed by atoms with E-state index in [1.165, 1.54) is 12.1 Å². The van der Waals surface area contributed by atoms with Crippen LogP contribution in [0.4, 0.5) is 0 Å². The molecule has 71 valence electrons. The molecule has 1 unspecified atom stereocenters. The third kappa shape index (κ3) is 2.54. The molecule has 0 aliphatic rings. The van der Waals surface area contributed by atoms with Gasteiger partial charge < -0.3 is 0 Å². The van der Waals surface area contributed by atoms with E-state index in [-0.39, 0.29) is 10.8 Å². The Morgan fingerprint density at radius 3 is 2.08 bits per heavy atom. The normalized spacial score (nSPS) is 12.0. The average Bonchev–Trinajstić information content (AvgIpc) is 2.03. The average molecular weight is 198 g/mol. The van der Waals surface area contributed by atoms with Crippen molar-refractivity contribution in [2.45, 2.75) is 17.7 Å². The molecule has 2 N–H and O–H groups in total. The zero-order valence-electron chi connectivity index (χ0n) is 7.40. The van der Waals surface area contributed by atoms with E-state index in [2.05, 4.69) is 6.92 Å². The summed E-state index contributed by atoms with van der Waals surface area (Å²) in [6.45, 7) is 5.76. The molecule has 0 bridgehead atoms. The molecule has 1 atom stereocenters. The third-order valence-corrected chi connectivity index (χ3v) is 2.71. The van der Waals surface area contributed by atoms with Crippen molar-refractivity contribution in [2.24, 2.45) is 5.14 Å². The minimum Gasteiger partial charge on any atom is -0.225 e. The third-order valence-electron chi connectivity index (χ3n) is 1.78. The maximum Gasteiger partial charge on any atom is 0.238 e. The lowest BCUT2D eigenvalue weighted by Crippen LogP contribution is -2.11. The van der Waals surface area contributed by atoms with Gasteiger partial charge in [0.1, 0.15) is 0 Å². The quantitative estimate of drug-likeness (QED) is 0.778. The fraction of sp³-hybridized carbons (Fsp3) is 0.222. The molecule has 1 radical (unpaired) electrons. The molecule has 0 saturated heterocycles. The summed E-state index contributed by atoms with van der Waals surface area (Å²) >= 11 is 0. The van der Waals surface area contributed by atoms with E-state index in [0.29, 0.717) is 0 Å². The van der Waals surface area contributed by atoms with Gasteiger partial charge in [0.2, 0.25) is 10.0 Å². The number of rotatable bonds is 2. The molecule has 0 amide bonds. The lowest BCUT2D eigenvalue weighted by atomic mass is 10.0. The van der Waals surface area contributed by atoms with Crippen LogP contribution >= 0.6 is 0 Å². The number of nitrogens with two attached hydrogens (primary N) is 1. The van der Waals surface area contributed by atoms with Gasteiger partial charge in [0.05, 0.1) is 4.90 Å². The van der Waals surface area contributed by atoms with Crippen molar-refractivity contribution in [1.82, 2.24) is 0 Å². The largest absolute Gasteiger partial charge is 0.238 e. The highest BCUT2D eigenvalue weighted by atomic mass is 32.2. The van der Waals surface area contributed by atoms with Gasteiger partial charge in [-0.3, -0.25) is 0 Å². The molecule has 0 aromatic heterocycles. The second-order valence-electron chi connectivity index (χ2n) is 3.02. The van der Waals surface area contributed by atoms with Crippen molar-refractivity contribution in [3.05, 3.63) is 36.8 Å². The second-order valence-corrected chi connectivity index (χ2v) is 4.58. The number of hydrogen-bond donors (Lipinski definition) is 1. The van der Waals surface area contributed by atoms with Gasteiger partial charge in [-0.15, -0.1) is 0 Å². The molecule has 0 aliphatic carbocycles. The van der Waals surface area contributed by atoms with Crippen LogP contribution < -0.4 is 5.14 Å². The zero-order chi connectivity index (χ0) is 10.1. The van der Waals surface area contributed by atoms with E-state index in [9.17, 15) is 8.42 Å². The molecule has 4 heteroatoms. The summed E-state index contributed by atoms with van der Waals surface area (Å²) in [4.78, 5) is 0.136. The van der Waals surface area contributed by atoms with Crippen LogP contribution in [0.2, 0.25) is 0 Å². The Labute approximate surface area is 78.6 Å². The molecule has 0 spiro atoms. The van der Waals surface area contributed by atoms with E-state index in [4.69, 9.17) is 5.14 Å². The standard InChI is InChI=1S/C9H12NO2S/c1-7(2)8-3-5-9(6-4-8)13(10,11)12/h3-7H,1H2,2H3,(H2,10,11,12). The van der Waals surface area contributed by atoms with E-state index < -0.39 is 10.0 Å². The Bertz CT molecular complexity index is 379. The molecule has 0 heterocycles. The lowest BCUT2D eigenvalue weighted by molar-refractivity contribution is 0.597. The SMILES string of the molecule is [CH2]C(C)c1ccc(S(N)(=O)=O)cc1. The lowest BCUT2D eigenvalue weighted by Gasteiger charge is -2.04. The van der Waals surface area contributed by atoms with Gasteiger partial charge in [0.15, 0.2) is 0 Å². The van der Waals surface area contributed by atoms with Crippen LogP contribution in [0.5, 0.6) is 0 Å². The van der Waals surface area contributed by atoms with Crippen LogP contribution in [0.25, 0.3) is 0 Å². The molecule has 1 aromatic carbocycles. The maximum absolute atomic E-state index is 10.9. The molecule has 1 rings (SSSR count). The summed E-state index contributed by atoms with van der Waals surface area (Å²) in [7, 11) is -3.57. The molecule has 0 aliphatic heterocycles. The number of sulfonamides is 1. The Balaban J connectivity index is 3.08. The molecule has 1 aromatic rings. The van der Waals surface area contributed by atoms with Crippen molar-refractivity contribution >= 4 is 10.0 Å². The maximum atomic E-state index is 10.9. The molecule has 0 saturated carbocycles. The predicted molar refractivity (Wildman–Crippen MR) is 51.6 cm³/mol. The Morgan fingerprint density at radius 2 is 1.77 bits per heavy atom. The van der Waals surface area contributed by atoms with E-state index >= 15 is 0 Å². The van der Waals surface area contributed by atoms with Crippen molar-refractivity contribution in [3.63, 3.8) is 0 Å². The summed E-state index contributed by atoms with van der Waals surface area (Å²) in [6, 6.07) is 6.42. The molecular weight excluding hydrogens is 186 g/mol. The minimum absolute atomic E-state index is 0.136. The van der Waals surface area contributed by atoms with Gasteiger partial charge in [-0.25, -0.2) is 13.6 Å². The van der Waals surface area contributed by atoms with Crippen molar-refractivity contribution in [3.8, 4) is 0 Å². The minimum atomic E-state index is -3.57. The first-order valence-corrected chi connectivity index (χ1v) is 5.42. The van der Waals surface area contributed by atoms with Crippen LogP contribution in [0.3, 0.4) is 0 Å². The fourth-order valence-corrected chi connectivity index (χ4v) is 1.50. The van der Waals surface area contributed by atoms with Crippen LogP contribution in [-0.2, 0) is 10.0 Å². The van der Waals surface area contributed by atoms with Crippen LogP contribution in [0.1, 0.15) is 18.4 Å². The number of primary sulfonamides is 1. The highest BCUT2D eigenvalue weighted by Gasteiger charge is 2.07. The monoisotopic (exact) mass is 198 g/mol. The highest BCUT2D eigenvalue weighted by Crippen LogP contribution is 2.15. The Hall–Kier alpha value is -0.870. The van der Waals surface area contributed by atoms with Gasteiger partial charge >= 0.3 is 0 Å². The van der Waals surface area contributed by atoms with E-state index in [1.54, 1.807) is 12.1 Å². The molecule has 3 nitrogen and oxygen atoms in total. The topological polar surface area (TPSA) is 60.2 Å². The van der Waals surface area contributed by atoms with Gasteiger partial charge in [-0.1, -0.05) is 19.1 Å². The first kappa shape index (κ1) is 10.2. The predicted octanol–water partition coefficient (Wildman–Crippen LogP) is 1.27. The van der Waals surface area contributed by atoms with E-state index in [0.717, 1.165) is 5.56 Å². The summed E-state index contributed by atoms with van der Waals surface area (Å²) in [5.41, 5.74) is 0.993. The van der Waals surface area contributed by atoms with E-state index in [1.807, 2.05) is 6.92 Å². The van der Waals surface area contributed by atoms with Crippen LogP contribution in [0, 0.1) is 6.92 Å². The van der Waals surface area contributed by atoms with Crippen LogP contribution in [-0.4, -0.2) is 8.42 Å². The summed E-state index contributed by atoms with van der Waals surface area (Å²) in [5.74, 6) is 0.148. The first-order chi connectivity index (χ1) is 5.91. The van der Waals surface area contributed by atoms with Crippen LogP contribution in [0.15, 0.2) is 29.2 Å². The summed E-state index contributed by atoms with van der Waals surface area (Å²) in [5, 5.41) is 4.94.